The van der Waals surface area contributed by atoms with Crippen molar-refractivity contribution in [1.82, 2.24) is 4.90 Å². The molecule has 2 unspecified atom stereocenters. The van der Waals surface area contributed by atoms with Crippen molar-refractivity contribution < 1.29 is 14.3 Å². The van der Waals surface area contributed by atoms with Crippen molar-refractivity contribution in [2.24, 2.45) is 5.92 Å². The zero-order valence-corrected chi connectivity index (χ0v) is 10.1. The molecule has 1 aromatic carbocycles. The predicted octanol–water partition coefficient (Wildman–Crippen LogP) is 2.51. The Hall–Kier alpha value is -1.42. The van der Waals surface area contributed by atoms with Gasteiger partial charge in [0.2, 0.25) is 0 Å². The van der Waals surface area contributed by atoms with Crippen molar-refractivity contribution in [2.45, 2.75) is 31.8 Å². The maximum atomic E-state index is 13.4. The third kappa shape index (κ3) is 2.12. The summed E-state index contributed by atoms with van der Waals surface area (Å²) in [5.41, 5.74) is 0.800. The third-order valence-corrected chi connectivity index (χ3v) is 4.11. The average molecular weight is 249 g/mol. The highest BCUT2D eigenvalue weighted by atomic mass is 19.1. The first-order valence-electron chi connectivity index (χ1n) is 6.38. The van der Waals surface area contributed by atoms with E-state index in [1.165, 1.54) is 25.3 Å². The zero-order chi connectivity index (χ0) is 12.7. The fraction of sp³-hybridized carbons (Fsp3) is 0.500. The summed E-state index contributed by atoms with van der Waals surface area (Å²) >= 11 is 0. The van der Waals surface area contributed by atoms with Crippen molar-refractivity contribution in [1.29, 1.82) is 0 Å². The first kappa shape index (κ1) is 11.7. The second-order valence-corrected chi connectivity index (χ2v) is 5.42. The normalized spacial score (nSPS) is 26.7. The molecule has 1 aromatic rings. The molecule has 1 saturated carbocycles. The quantitative estimate of drug-likeness (QED) is 0.894. The predicted molar refractivity (Wildman–Crippen MR) is 64.9 cm³/mol. The maximum absolute atomic E-state index is 13.4. The summed E-state index contributed by atoms with van der Waals surface area (Å²) in [6, 6.07) is 4.71. The van der Waals surface area contributed by atoms with Gasteiger partial charge in [0.1, 0.15) is 5.82 Å². The number of hydrogen-bond acceptors (Lipinski definition) is 2. The fourth-order valence-electron chi connectivity index (χ4n) is 3.32. The van der Waals surface area contributed by atoms with Gasteiger partial charge in [-0.05, 0) is 48.9 Å². The van der Waals surface area contributed by atoms with Gasteiger partial charge in [0, 0.05) is 19.1 Å². The first-order valence-corrected chi connectivity index (χ1v) is 6.38. The van der Waals surface area contributed by atoms with Gasteiger partial charge in [0.25, 0.3) is 0 Å². The van der Waals surface area contributed by atoms with Crippen LogP contribution < -0.4 is 0 Å². The van der Waals surface area contributed by atoms with Crippen LogP contribution in [0.3, 0.4) is 0 Å². The zero-order valence-electron chi connectivity index (χ0n) is 10.1. The van der Waals surface area contributed by atoms with Crippen LogP contribution in [0.1, 0.15) is 35.2 Å². The Morgan fingerprint density at radius 3 is 2.83 bits per heavy atom. The van der Waals surface area contributed by atoms with Gasteiger partial charge in [0.15, 0.2) is 0 Å². The SMILES string of the molecule is O=C(O)c1cc(F)cc(CN2CC3CCC2C3)c1. The Morgan fingerprint density at radius 2 is 2.22 bits per heavy atom. The van der Waals surface area contributed by atoms with Crippen LogP contribution in [0, 0.1) is 11.7 Å². The van der Waals surface area contributed by atoms with Gasteiger partial charge >= 0.3 is 5.97 Å². The molecule has 3 nitrogen and oxygen atoms in total. The number of likely N-dealkylation sites (tertiary alicyclic amines) is 1. The second kappa shape index (κ2) is 4.35. The van der Waals surface area contributed by atoms with Crippen molar-refractivity contribution >= 4 is 5.97 Å². The molecular weight excluding hydrogens is 233 g/mol. The summed E-state index contributed by atoms with van der Waals surface area (Å²) in [6.45, 7) is 1.74. The number of carboxylic acids is 1. The van der Waals surface area contributed by atoms with E-state index in [4.69, 9.17) is 5.11 Å². The molecular formula is C14H16FNO2. The molecule has 2 fully saturated rings. The molecule has 1 aliphatic carbocycles. The molecule has 3 rings (SSSR count). The minimum atomic E-state index is -1.07. The summed E-state index contributed by atoms with van der Waals surface area (Å²) in [7, 11) is 0. The molecule has 1 aliphatic heterocycles. The lowest BCUT2D eigenvalue weighted by Crippen LogP contribution is -2.31. The number of nitrogens with zero attached hydrogens (tertiary/aromatic N) is 1. The monoisotopic (exact) mass is 249 g/mol. The molecule has 1 heterocycles. The van der Waals surface area contributed by atoms with Gasteiger partial charge in [-0.3, -0.25) is 4.90 Å². The van der Waals surface area contributed by atoms with Gasteiger partial charge < -0.3 is 5.11 Å². The molecule has 2 bridgehead atoms. The molecule has 0 radical (unpaired) electrons. The lowest BCUT2D eigenvalue weighted by Gasteiger charge is -2.26. The standard InChI is InChI=1S/C14H16FNO2/c15-12-4-10(3-11(6-12)14(17)18)8-16-7-9-1-2-13(16)5-9/h3-4,6,9,13H,1-2,5,7-8H2,(H,17,18). The lowest BCUT2D eigenvalue weighted by atomic mass is 10.1. The number of benzene rings is 1. The van der Waals surface area contributed by atoms with Gasteiger partial charge in [0.05, 0.1) is 5.56 Å². The molecule has 0 amide bonds. The van der Waals surface area contributed by atoms with Crippen LogP contribution in [0.2, 0.25) is 0 Å². The fourth-order valence-corrected chi connectivity index (χ4v) is 3.32. The van der Waals surface area contributed by atoms with Crippen LogP contribution in [0.25, 0.3) is 0 Å². The summed E-state index contributed by atoms with van der Waals surface area (Å²) < 4.78 is 13.4. The van der Waals surface area contributed by atoms with E-state index in [1.54, 1.807) is 6.07 Å². The van der Waals surface area contributed by atoms with Crippen LogP contribution in [0.15, 0.2) is 18.2 Å². The third-order valence-electron chi connectivity index (χ3n) is 4.11. The maximum Gasteiger partial charge on any atom is 0.335 e. The number of halogens is 1. The van der Waals surface area contributed by atoms with E-state index in [-0.39, 0.29) is 5.56 Å². The summed E-state index contributed by atoms with van der Waals surface area (Å²) in [5.74, 6) is -0.740. The molecule has 4 heteroatoms. The van der Waals surface area contributed by atoms with Gasteiger partial charge in [-0.25, -0.2) is 9.18 Å². The number of carboxylic acid groups (broad SMARTS) is 1. The number of piperidine rings is 1. The van der Waals surface area contributed by atoms with Gasteiger partial charge in [-0.1, -0.05) is 0 Å². The Morgan fingerprint density at radius 1 is 1.39 bits per heavy atom. The van der Waals surface area contributed by atoms with E-state index >= 15 is 0 Å². The van der Waals surface area contributed by atoms with Gasteiger partial charge in [-0.2, -0.15) is 0 Å². The first-order chi connectivity index (χ1) is 8.61. The van der Waals surface area contributed by atoms with Crippen molar-refractivity contribution in [2.75, 3.05) is 6.54 Å². The van der Waals surface area contributed by atoms with Crippen LogP contribution in [-0.4, -0.2) is 28.6 Å². The van der Waals surface area contributed by atoms with E-state index < -0.39 is 11.8 Å². The molecule has 18 heavy (non-hydrogen) atoms. The van der Waals surface area contributed by atoms with Gasteiger partial charge in [-0.15, -0.1) is 0 Å². The van der Waals surface area contributed by atoms with Crippen molar-refractivity contribution in [3.05, 3.63) is 35.1 Å². The molecule has 96 valence electrons. The Bertz CT molecular complexity index is 489. The van der Waals surface area contributed by atoms with E-state index in [1.807, 2.05) is 0 Å². The number of hydrogen-bond donors (Lipinski definition) is 1. The van der Waals surface area contributed by atoms with Crippen molar-refractivity contribution in [3.8, 4) is 0 Å². The number of carbonyl (C=O) groups is 1. The number of rotatable bonds is 3. The number of fused-ring (bicyclic) bond motifs is 2. The van der Waals surface area contributed by atoms with Crippen molar-refractivity contribution in [3.63, 3.8) is 0 Å². The number of aromatic carboxylic acids is 1. The Kier molecular flexibility index (Phi) is 2.82. The van der Waals surface area contributed by atoms with E-state index in [0.29, 0.717) is 12.6 Å². The van der Waals surface area contributed by atoms with E-state index in [2.05, 4.69) is 4.90 Å². The molecule has 2 aliphatic rings. The smallest absolute Gasteiger partial charge is 0.335 e. The topological polar surface area (TPSA) is 40.5 Å². The summed E-state index contributed by atoms with van der Waals surface area (Å²) in [6.07, 6.45) is 3.79. The molecule has 2 atom stereocenters. The highest BCUT2D eigenvalue weighted by Gasteiger charge is 2.37. The molecule has 0 aromatic heterocycles. The highest BCUT2D eigenvalue weighted by molar-refractivity contribution is 5.87. The largest absolute Gasteiger partial charge is 0.478 e. The van der Waals surface area contributed by atoms with Crippen LogP contribution in [0.4, 0.5) is 4.39 Å². The minimum Gasteiger partial charge on any atom is -0.478 e. The second-order valence-electron chi connectivity index (χ2n) is 5.42. The van der Waals surface area contributed by atoms with Crippen LogP contribution >= 0.6 is 0 Å². The molecule has 1 N–H and O–H groups in total. The highest BCUT2D eigenvalue weighted by Crippen LogP contribution is 2.38. The minimum absolute atomic E-state index is 0.0364. The van der Waals surface area contributed by atoms with E-state index in [9.17, 15) is 9.18 Å². The Balaban J connectivity index is 1.78. The summed E-state index contributed by atoms with van der Waals surface area (Å²) in [5, 5.41) is 8.92. The Labute approximate surface area is 105 Å². The molecule has 0 spiro atoms. The van der Waals surface area contributed by atoms with E-state index in [0.717, 1.165) is 24.1 Å². The van der Waals surface area contributed by atoms with Crippen LogP contribution in [-0.2, 0) is 6.54 Å². The molecule has 1 saturated heterocycles. The average Bonchev–Trinajstić information content (AvgIpc) is 2.90. The summed E-state index contributed by atoms with van der Waals surface area (Å²) in [4.78, 5) is 13.2. The van der Waals surface area contributed by atoms with Crippen LogP contribution in [0.5, 0.6) is 0 Å². The lowest BCUT2D eigenvalue weighted by molar-refractivity contribution is 0.0696.